The van der Waals surface area contributed by atoms with Crippen molar-refractivity contribution in [3.63, 3.8) is 0 Å². The van der Waals surface area contributed by atoms with E-state index in [2.05, 4.69) is 42.7 Å². The molecule has 1 aromatic carbocycles. The minimum absolute atomic E-state index is 0.0143. The van der Waals surface area contributed by atoms with Crippen molar-refractivity contribution in [1.29, 1.82) is 0 Å². The number of carbonyl (C=O) groups excluding carboxylic acids is 1. The normalized spacial score (nSPS) is 12.3. The van der Waals surface area contributed by atoms with Crippen LogP contribution in [0.2, 0.25) is 0 Å². The van der Waals surface area contributed by atoms with Gasteiger partial charge in [0.15, 0.2) is 12.3 Å². The molecule has 0 fully saturated rings. The molecule has 0 aliphatic rings. The van der Waals surface area contributed by atoms with Gasteiger partial charge in [0, 0.05) is 5.69 Å². The van der Waals surface area contributed by atoms with Crippen LogP contribution < -0.4 is 10.2 Å². The van der Waals surface area contributed by atoms with E-state index >= 15 is 0 Å². The summed E-state index contributed by atoms with van der Waals surface area (Å²) in [6.45, 7) is 6.20. The summed E-state index contributed by atoms with van der Waals surface area (Å²) < 4.78 is 5.47. The first-order valence-corrected chi connectivity index (χ1v) is 9.76. The highest BCUT2D eigenvalue weighted by molar-refractivity contribution is 7.09. The van der Waals surface area contributed by atoms with E-state index in [0.29, 0.717) is 19.0 Å². The molecule has 2 aromatic heterocycles. The number of benzene rings is 1. The van der Waals surface area contributed by atoms with Gasteiger partial charge < -0.3 is 14.6 Å². The van der Waals surface area contributed by atoms with Crippen molar-refractivity contribution in [2.24, 2.45) is 0 Å². The van der Waals surface area contributed by atoms with Crippen molar-refractivity contribution >= 4 is 22.9 Å². The quantitative estimate of drug-likeness (QED) is 0.636. The Kier molecular flexibility index (Phi) is 6.26. The van der Waals surface area contributed by atoms with Gasteiger partial charge in [0.05, 0.1) is 11.1 Å². The minimum atomic E-state index is 0.0143. The van der Waals surface area contributed by atoms with Crippen LogP contribution in [0.25, 0.3) is 0 Å². The van der Waals surface area contributed by atoms with Crippen molar-refractivity contribution in [3.05, 3.63) is 76.4 Å². The van der Waals surface area contributed by atoms with Crippen molar-refractivity contribution in [2.75, 3.05) is 11.9 Å². The molecule has 0 bridgehead atoms. The maximum Gasteiger partial charge on any atom is 0.279 e. The largest absolute Gasteiger partial charge is 0.463 e. The van der Waals surface area contributed by atoms with Crippen LogP contribution in [0.15, 0.2) is 64.6 Å². The van der Waals surface area contributed by atoms with Crippen molar-refractivity contribution in [2.45, 2.75) is 32.9 Å². The van der Waals surface area contributed by atoms with Gasteiger partial charge in [-0.25, -0.2) is 0 Å². The second-order valence-corrected chi connectivity index (χ2v) is 7.80. The smallest absolute Gasteiger partial charge is 0.279 e. The van der Waals surface area contributed by atoms with E-state index in [0.717, 1.165) is 22.9 Å². The highest BCUT2D eigenvalue weighted by Crippen LogP contribution is 2.17. The number of quaternary nitrogens is 1. The Morgan fingerprint density at radius 2 is 1.92 bits per heavy atom. The van der Waals surface area contributed by atoms with Crippen LogP contribution in [0, 0.1) is 0 Å². The van der Waals surface area contributed by atoms with Gasteiger partial charge in [-0.3, -0.25) is 4.79 Å². The summed E-state index contributed by atoms with van der Waals surface area (Å²) in [6.07, 6.45) is 1.68. The number of amides is 1. The van der Waals surface area contributed by atoms with E-state index in [9.17, 15) is 4.79 Å². The summed E-state index contributed by atoms with van der Waals surface area (Å²) in [5.41, 5.74) is 2.11. The Morgan fingerprint density at radius 3 is 2.54 bits per heavy atom. The zero-order chi connectivity index (χ0) is 18.4. The molecule has 5 heteroatoms. The molecular formula is C21H25N2O2S+. The number of anilines is 1. The number of hydrogen-bond donors (Lipinski definition) is 2. The molecule has 2 N–H and O–H groups in total. The van der Waals surface area contributed by atoms with E-state index in [-0.39, 0.29) is 5.91 Å². The van der Waals surface area contributed by atoms with Crippen LogP contribution in [0.5, 0.6) is 0 Å². The number of thiophene rings is 1. The third kappa shape index (κ3) is 5.31. The molecule has 1 atom stereocenters. The van der Waals surface area contributed by atoms with Gasteiger partial charge >= 0.3 is 0 Å². The average Bonchev–Trinajstić information content (AvgIpc) is 3.29. The lowest BCUT2D eigenvalue weighted by atomic mass is 10.0. The number of nitrogens with one attached hydrogen (secondary N) is 2. The van der Waals surface area contributed by atoms with Crippen molar-refractivity contribution in [3.8, 4) is 0 Å². The van der Waals surface area contributed by atoms with Crippen molar-refractivity contribution in [1.82, 2.24) is 0 Å². The lowest BCUT2D eigenvalue weighted by Gasteiger charge is -2.17. The monoisotopic (exact) mass is 369 g/mol. The highest BCUT2D eigenvalue weighted by Gasteiger charge is 2.17. The zero-order valence-electron chi connectivity index (χ0n) is 15.2. The molecule has 1 amide bonds. The Labute approximate surface area is 158 Å². The topological polar surface area (TPSA) is 46.7 Å². The third-order valence-electron chi connectivity index (χ3n) is 4.28. The summed E-state index contributed by atoms with van der Waals surface area (Å²) in [7, 11) is 0. The molecule has 4 nitrogen and oxygen atoms in total. The standard InChI is InChI=1S/C21H24N2O2S/c1-16(2)17-7-9-18(10-8-17)22-21(24)15-23(13-19-5-3-11-25-19)14-20-6-4-12-26-20/h3-12,16H,13-15H2,1-2H3,(H,22,24)/p+1. The molecule has 2 heterocycles. The van der Waals surface area contributed by atoms with Gasteiger partial charge in [0.25, 0.3) is 5.91 Å². The van der Waals surface area contributed by atoms with E-state index < -0.39 is 0 Å². The maximum absolute atomic E-state index is 12.5. The number of hydrogen-bond acceptors (Lipinski definition) is 3. The van der Waals surface area contributed by atoms with Crippen LogP contribution in [-0.2, 0) is 17.9 Å². The fraction of sp³-hybridized carbons (Fsp3) is 0.286. The van der Waals surface area contributed by atoms with Gasteiger partial charge in [-0.15, -0.1) is 11.3 Å². The summed E-state index contributed by atoms with van der Waals surface area (Å²) in [4.78, 5) is 15.0. The molecule has 0 aliphatic carbocycles. The number of carbonyl (C=O) groups is 1. The lowest BCUT2D eigenvalue weighted by Crippen LogP contribution is -3.10. The molecule has 1 unspecified atom stereocenters. The van der Waals surface area contributed by atoms with Crippen LogP contribution >= 0.6 is 11.3 Å². The predicted molar refractivity (Wildman–Crippen MR) is 105 cm³/mol. The van der Waals surface area contributed by atoms with Gasteiger partial charge in [-0.2, -0.15) is 0 Å². The molecule has 3 aromatic rings. The number of rotatable bonds is 8. The second kappa shape index (κ2) is 8.83. The van der Waals surface area contributed by atoms with Gasteiger partial charge in [-0.05, 0) is 47.2 Å². The predicted octanol–water partition coefficient (Wildman–Crippen LogP) is 3.69. The molecular weight excluding hydrogens is 344 g/mol. The Balaban J connectivity index is 1.62. The summed E-state index contributed by atoms with van der Waals surface area (Å²) >= 11 is 1.72. The first kappa shape index (κ1) is 18.4. The second-order valence-electron chi connectivity index (χ2n) is 6.76. The molecule has 0 aliphatic heterocycles. The van der Waals surface area contributed by atoms with E-state index in [1.54, 1.807) is 17.6 Å². The Morgan fingerprint density at radius 1 is 1.12 bits per heavy atom. The minimum Gasteiger partial charge on any atom is -0.463 e. The lowest BCUT2D eigenvalue weighted by molar-refractivity contribution is -0.920. The van der Waals surface area contributed by atoms with Crippen LogP contribution in [0.3, 0.4) is 0 Å². The summed E-state index contributed by atoms with van der Waals surface area (Å²) in [6, 6.07) is 16.1. The Bertz CT molecular complexity index is 757. The van der Waals surface area contributed by atoms with E-state index in [1.807, 2.05) is 30.3 Å². The number of furan rings is 1. The SMILES string of the molecule is CC(C)c1ccc(NC(=O)C[NH+](Cc2ccco2)Cc2cccs2)cc1. The Hall–Kier alpha value is -2.37. The van der Waals surface area contributed by atoms with Crippen LogP contribution in [-0.4, -0.2) is 12.5 Å². The molecule has 3 rings (SSSR count). The van der Waals surface area contributed by atoms with Gasteiger partial charge in [-0.1, -0.05) is 32.0 Å². The van der Waals surface area contributed by atoms with E-state index in [4.69, 9.17) is 4.42 Å². The molecule has 0 saturated carbocycles. The third-order valence-corrected chi connectivity index (χ3v) is 5.16. The summed E-state index contributed by atoms with van der Waals surface area (Å²) in [5, 5.41) is 5.08. The average molecular weight is 370 g/mol. The zero-order valence-corrected chi connectivity index (χ0v) is 16.0. The van der Waals surface area contributed by atoms with E-state index in [1.165, 1.54) is 10.4 Å². The molecule has 0 spiro atoms. The first-order valence-electron chi connectivity index (χ1n) is 8.88. The van der Waals surface area contributed by atoms with Gasteiger partial charge in [0.1, 0.15) is 13.1 Å². The molecule has 26 heavy (non-hydrogen) atoms. The fourth-order valence-corrected chi connectivity index (χ4v) is 3.67. The van der Waals surface area contributed by atoms with Crippen molar-refractivity contribution < 1.29 is 14.1 Å². The molecule has 0 saturated heterocycles. The maximum atomic E-state index is 12.5. The molecule has 136 valence electrons. The first-order chi connectivity index (χ1) is 12.6. The molecule has 0 radical (unpaired) electrons. The highest BCUT2D eigenvalue weighted by atomic mass is 32.1. The fourth-order valence-electron chi connectivity index (χ4n) is 2.89. The van der Waals surface area contributed by atoms with Crippen LogP contribution in [0.1, 0.15) is 36.0 Å². The summed E-state index contributed by atoms with van der Waals surface area (Å²) in [5.74, 6) is 1.39. The van der Waals surface area contributed by atoms with Crippen LogP contribution in [0.4, 0.5) is 5.69 Å². The van der Waals surface area contributed by atoms with Gasteiger partial charge in [0.2, 0.25) is 0 Å².